The number of nitrogens with zero attached hydrogens (tertiary/aromatic N) is 2. The summed E-state index contributed by atoms with van der Waals surface area (Å²) in [6.45, 7) is 2.05. The molecule has 0 bridgehead atoms. The van der Waals surface area contributed by atoms with Crippen LogP contribution in [0.4, 0.5) is 10.8 Å². The number of anilines is 2. The lowest BCUT2D eigenvalue weighted by molar-refractivity contribution is 0.103. The molecule has 0 radical (unpaired) electrons. The molecule has 0 spiro atoms. The summed E-state index contributed by atoms with van der Waals surface area (Å²) in [6.07, 6.45) is 3.18. The summed E-state index contributed by atoms with van der Waals surface area (Å²) in [7, 11) is 0. The highest BCUT2D eigenvalue weighted by Gasteiger charge is 2.21. The maximum Gasteiger partial charge on any atom is 0.269 e. The first-order valence-corrected chi connectivity index (χ1v) is 10.8. The number of fused-ring (bicyclic) bond motifs is 2. The lowest BCUT2D eigenvalue weighted by atomic mass is 10.1. The second kappa shape index (κ2) is 6.68. The predicted molar refractivity (Wildman–Crippen MR) is 116 cm³/mol. The molecule has 4 aromatic rings. The van der Waals surface area contributed by atoms with E-state index in [1.807, 2.05) is 17.5 Å². The van der Waals surface area contributed by atoms with E-state index in [4.69, 9.17) is 10.7 Å². The topological polar surface area (TPSA) is 80.9 Å². The number of pyridine rings is 1. The van der Waals surface area contributed by atoms with E-state index in [9.17, 15) is 4.79 Å². The van der Waals surface area contributed by atoms with E-state index in [2.05, 4.69) is 35.4 Å². The lowest BCUT2D eigenvalue weighted by Crippen LogP contribution is -2.11. The van der Waals surface area contributed by atoms with Crippen molar-refractivity contribution in [3.05, 3.63) is 57.4 Å². The molecule has 7 heteroatoms. The van der Waals surface area contributed by atoms with Crippen LogP contribution in [0, 0.1) is 6.92 Å². The van der Waals surface area contributed by atoms with Crippen molar-refractivity contribution >= 4 is 49.6 Å². The van der Waals surface area contributed by atoms with Gasteiger partial charge in [0.05, 0.1) is 11.4 Å². The molecule has 1 amide bonds. The summed E-state index contributed by atoms with van der Waals surface area (Å²) in [6, 6.07) is 10.3. The molecule has 0 atom stereocenters. The van der Waals surface area contributed by atoms with Crippen LogP contribution in [-0.4, -0.2) is 15.9 Å². The van der Waals surface area contributed by atoms with Gasteiger partial charge in [-0.3, -0.25) is 10.1 Å². The Morgan fingerprint density at radius 1 is 1.18 bits per heavy atom. The van der Waals surface area contributed by atoms with Crippen LogP contribution in [0.3, 0.4) is 0 Å². The van der Waals surface area contributed by atoms with Crippen molar-refractivity contribution in [2.75, 3.05) is 11.1 Å². The molecule has 0 aliphatic heterocycles. The van der Waals surface area contributed by atoms with Gasteiger partial charge in [0.15, 0.2) is 5.13 Å². The molecule has 1 aliphatic rings. The summed E-state index contributed by atoms with van der Waals surface area (Å²) >= 11 is 2.76. The highest BCUT2D eigenvalue weighted by atomic mass is 32.1. The lowest BCUT2D eigenvalue weighted by Gasteiger charge is -2.01. The Balaban J connectivity index is 1.41. The maximum absolute atomic E-state index is 12.8. The van der Waals surface area contributed by atoms with Crippen molar-refractivity contribution in [3.63, 3.8) is 0 Å². The van der Waals surface area contributed by atoms with E-state index in [0.29, 0.717) is 15.7 Å². The monoisotopic (exact) mass is 406 g/mol. The van der Waals surface area contributed by atoms with Crippen LogP contribution in [0.5, 0.6) is 0 Å². The standard InChI is InChI=1S/C21H18N4OS2/c1-11-5-7-12(8-6-11)16-10-27-21(24-16)25-19(26)18-17(22)14-9-13-3-2-4-15(13)23-20(14)28-18/h5-10H,2-4,22H2,1H3,(H,24,25,26). The fourth-order valence-corrected chi connectivity index (χ4v) is 5.21. The first-order valence-electron chi connectivity index (χ1n) is 9.13. The van der Waals surface area contributed by atoms with Gasteiger partial charge in [0.2, 0.25) is 0 Å². The summed E-state index contributed by atoms with van der Waals surface area (Å²) < 4.78 is 0. The SMILES string of the molecule is Cc1ccc(-c2csc(NC(=O)c3sc4nc5c(cc4c3N)CCC5)n2)cc1. The Labute approximate surface area is 170 Å². The number of carbonyl (C=O) groups is 1. The number of benzene rings is 1. The summed E-state index contributed by atoms with van der Waals surface area (Å²) in [5, 5.41) is 6.28. The molecule has 0 unspecified atom stereocenters. The zero-order chi connectivity index (χ0) is 19.3. The summed E-state index contributed by atoms with van der Waals surface area (Å²) in [4.78, 5) is 23.4. The van der Waals surface area contributed by atoms with Crippen LogP contribution in [0.25, 0.3) is 21.5 Å². The number of aryl methyl sites for hydroxylation is 3. The third kappa shape index (κ3) is 2.96. The number of amides is 1. The number of carbonyl (C=O) groups excluding carboxylic acids is 1. The minimum absolute atomic E-state index is 0.231. The predicted octanol–water partition coefficient (Wildman–Crippen LogP) is 5.05. The minimum Gasteiger partial charge on any atom is -0.397 e. The van der Waals surface area contributed by atoms with Crippen LogP contribution in [-0.2, 0) is 12.8 Å². The Morgan fingerprint density at radius 3 is 2.82 bits per heavy atom. The number of nitrogens with one attached hydrogen (secondary N) is 1. The first-order chi connectivity index (χ1) is 13.6. The van der Waals surface area contributed by atoms with Crippen LogP contribution in [0.2, 0.25) is 0 Å². The van der Waals surface area contributed by atoms with Crippen molar-refractivity contribution in [1.82, 2.24) is 9.97 Å². The largest absolute Gasteiger partial charge is 0.397 e. The number of nitrogens with two attached hydrogens (primary N) is 1. The number of hydrogen-bond acceptors (Lipinski definition) is 6. The highest BCUT2D eigenvalue weighted by molar-refractivity contribution is 7.21. The molecule has 3 aromatic heterocycles. The third-order valence-corrected chi connectivity index (χ3v) is 6.90. The van der Waals surface area contributed by atoms with Crippen molar-refractivity contribution < 1.29 is 4.79 Å². The molecule has 1 aromatic carbocycles. The summed E-state index contributed by atoms with van der Waals surface area (Å²) in [5.41, 5.74) is 12.3. The normalized spacial score (nSPS) is 13.0. The number of rotatable bonds is 3. The van der Waals surface area contributed by atoms with Crippen molar-refractivity contribution in [3.8, 4) is 11.3 Å². The molecule has 140 valence electrons. The molecule has 3 N–H and O–H groups in total. The zero-order valence-electron chi connectivity index (χ0n) is 15.3. The van der Waals surface area contributed by atoms with E-state index >= 15 is 0 Å². The molecular weight excluding hydrogens is 388 g/mol. The van der Waals surface area contributed by atoms with Crippen LogP contribution >= 0.6 is 22.7 Å². The molecule has 3 heterocycles. The smallest absolute Gasteiger partial charge is 0.269 e. The van der Waals surface area contributed by atoms with E-state index in [0.717, 1.165) is 46.4 Å². The average Bonchev–Trinajstić information content (AvgIpc) is 3.40. The first kappa shape index (κ1) is 17.3. The van der Waals surface area contributed by atoms with Crippen LogP contribution in [0.1, 0.15) is 32.9 Å². The maximum atomic E-state index is 12.8. The number of hydrogen-bond donors (Lipinski definition) is 2. The fraction of sp³-hybridized carbons (Fsp3) is 0.190. The second-order valence-electron chi connectivity index (χ2n) is 7.00. The van der Waals surface area contributed by atoms with Gasteiger partial charge < -0.3 is 5.73 Å². The molecule has 0 fully saturated rings. The summed E-state index contributed by atoms with van der Waals surface area (Å²) in [5.74, 6) is -0.231. The van der Waals surface area contributed by atoms with E-state index < -0.39 is 0 Å². The molecular formula is C21H18N4OS2. The van der Waals surface area contributed by atoms with Gasteiger partial charge in [-0.2, -0.15) is 0 Å². The second-order valence-corrected chi connectivity index (χ2v) is 8.86. The van der Waals surface area contributed by atoms with Gasteiger partial charge in [0, 0.05) is 22.0 Å². The van der Waals surface area contributed by atoms with Gasteiger partial charge >= 0.3 is 0 Å². The van der Waals surface area contributed by atoms with Gasteiger partial charge in [0.25, 0.3) is 5.91 Å². The van der Waals surface area contributed by atoms with E-state index in [1.165, 1.54) is 33.8 Å². The Morgan fingerprint density at radius 2 is 2.00 bits per heavy atom. The quantitative estimate of drug-likeness (QED) is 0.499. The minimum atomic E-state index is -0.231. The van der Waals surface area contributed by atoms with Gasteiger partial charge in [-0.15, -0.1) is 22.7 Å². The van der Waals surface area contributed by atoms with E-state index in [-0.39, 0.29) is 5.91 Å². The van der Waals surface area contributed by atoms with Gasteiger partial charge in [-0.05, 0) is 37.8 Å². The van der Waals surface area contributed by atoms with Gasteiger partial charge in [-0.1, -0.05) is 29.8 Å². The number of thiophene rings is 1. The number of thiazole rings is 1. The van der Waals surface area contributed by atoms with Crippen LogP contribution < -0.4 is 11.1 Å². The van der Waals surface area contributed by atoms with Crippen LogP contribution in [0.15, 0.2) is 35.7 Å². The Hall–Kier alpha value is -2.77. The highest BCUT2D eigenvalue weighted by Crippen LogP contribution is 2.36. The van der Waals surface area contributed by atoms with Crippen molar-refractivity contribution in [2.45, 2.75) is 26.2 Å². The van der Waals surface area contributed by atoms with Crippen molar-refractivity contribution in [1.29, 1.82) is 0 Å². The molecule has 5 rings (SSSR count). The Bertz CT molecular complexity index is 1210. The van der Waals surface area contributed by atoms with Gasteiger partial charge in [0.1, 0.15) is 9.71 Å². The Kier molecular flexibility index (Phi) is 4.14. The molecule has 5 nitrogen and oxygen atoms in total. The zero-order valence-corrected chi connectivity index (χ0v) is 16.9. The molecule has 1 aliphatic carbocycles. The molecule has 0 saturated carbocycles. The van der Waals surface area contributed by atoms with Gasteiger partial charge in [-0.25, -0.2) is 9.97 Å². The molecule has 28 heavy (non-hydrogen) atoms. The number of nitrogen functional groups attached to an aromatic ring is 1. The number of aromatic nitrogens is 2. The fourth-order valence-electron chi connectivity index (χ4n) is 3.51. The third-order valence-electron chi connectivity index (χ3n) is 5.03. The van der Waals surface area contributed by atoms with E-state index in [1.54, 1.807) is 0 Å². The van der Waals surface area contributed by atoms with Crippen molar-refractivity contribution in [2.24, 2.45) is 0 Å². The average molecular weight is 407 g/mol. The molecule has 0 saturated heterocycles.